The van der Waals surface area contributed by atoms with Gasteiger partial charge in [0, 0.05) is 7.11 Å². The van der Waals surface area contributed by atoms with Crippen molar-refractivity contribution in [2.75, 3.05) is 26.5 Å². The van der Waals surface area contributed by atoms with Crippen molar-refractivity contribution in [1.29, 1.82) is 0 Å². The van der Waals surface area contributed by atoms with Crippen LogP contribution < -0.4 is 0 Å². The molecule has 0 aromatic rings. The minimum Gasteiger partial charge on any atom is -0.387 e. The molecule has 0 bridgehead atoms. The molecule has 108 valence electrons. The minimum atomic E-state index is -3.32. The molecule has 1 heterocycles. The largest absolute Gasteiger partial charge is 0.387 e. The molecule has 1 aliphatic heterocycles. The Morgan fingerprint density at radius 2 is 1.72 bits per heavy atom. The smallest absolute Gasteiger partial charge is 0.333 e. The number of ether oxygens (including phenoxy) is 2. The van der Waals surface area contributed by atoms with Gasteiger partial charge in [0.2, 0.25) is 0 Å². The monoisotopic (exact) mass is 284 g/mol. The molecule has 1 fully saturated rings. The van der Waals surface area contributed by atoms with E-state index in [0.29, 0.717) is 0 Å². The van der Waals surface area contributed by atoms with Crippen molar-refractivity contribution in [1.82, 2.24) is 0 Å². The maximum Gasteiger partial charge on any atom is 0.333 e. The van der Waals surface area contributed by atoms with E-state index in [-0.39, 0.29) is 19.4 Å². The van der Waals surface area contributed by atoms with Crippen molar-refractivity contribution in [3.05, 3.63) is 0 Å². The molecule has 1 saturated heterocycles. The Hall–Kier alpha value is -0.0100. The molecule has 18 heavy (non-hydrogen) atoms. The van der Waals surface area contributed by atoms with Crippen molar-refractivity contribution in [3.63, 3.8) is 0 Å². The van der Waals surface area contributed by atoms with Crippen molar-refractivity contribution >= 4 is 7.60 Å². The Morgan fingerprint density at radius 3 is 2.11 bits per heavy atom. The molecule has 0 aromatic heterocycles. The molecular formula is C10H21O7P. The zero-order chi connectivity index (χ0) is 13.8. The van der Waals surface area contributed by atoms with Gasteiger partial charge >= 0.3 is 7.60 Å². The SMILES string of the molecule is CCOP(=O)(C[C@H]1O[C@H](OC)[C@@H](O)[C@H]1O)OCC. The topological polar surface area (TPSA) is 94.5 Å². The average Bonchev–Trinajstić information content (AvgIpc) is 2.57. The van der Waals surface area contributed by atoms with Crippen LogP contribution in [-0.2, 0) is 23.1 Å². The van der Waals surface area contributed by atoms with Gasteiger partial charge in [-0.3, -0.25) is 4.57 Å². The number of hydrogen-bond acceptors (Lipinski definition) is 7. The molecule has 0 unspecified atom stereocenters. The summed E-state index contributed by atoms with van der Waals surface area (Å²) in [5.74, 6) is 0. The Balaban J connectivity index is 2.67. The summed E-state index contributed by atoms with van der Waals surface area (Å²) in [6.45, 7) is 3.86. The second-order valence-corrected chi connectivity index (χ2v) is 5.99. The Bertz CT molecular complexity index is 288. The van der Waals surface area contributed by atoms with Crippen LogP contribution in [0.25, 0.3) is 0 Å². The third-order valence-electron chi connectivity index (χ3n) is 2.61. The second kappa shape index (κ2) is 6.96. The van der Waals surface area contributed by atoms with Crippen molar-refractivity contribution in [3.8, 4) is 0 Å². The van der Waals surface area contributed by atoms with Crippen molar-refractivity contribution < 1.29 is 33.3 Å². The lowest BCUT2D eigenvalue weighted by Crippen LogP contribution is -2.34. The molecule has 8 heteroatoms. The fourth-order valence-electron chi connectivity index (χ4n) is 1.82. The van der Waals surface area contributed by atoms with E-state index < -0.39 is 32.2 Å². The lowest BCUT2D eigenvalue weighted by atomic mass is 10.2. The van der Waals surface area contributed by atoms with Gasteiger partial charge in [0.1, 0.15) is 18.3 Å². The molecule has 1 rings (SSSR count). The molecule has 0 amide bonds. The molecule has 4 atom stereocenters. The van der Waals surface area contributed by atoms with E-state index in [1.807, 2.05) is 0 Å². The highest BCUT2D eigenvalue weighted by molar-refractivity contribution is 7.53. The molecule has 0 aliphatic carbocycles. The zero-order valence-electron chi connectivity index (χ0n) is 10.8. The third-order valence-corrected chi connectivity index (χ3v) is 4.72. The number of aliphatic hydroxyl groups excluding tert-OH is 2. The van der Waals surface area contributed by atoms with E-state index in [4.69, 9.17) is 18.5 Å². The fraction of sp³-hybridized carbons (Fsp3) is 1.00. The van der Waals surface area contributed by atoms with Gasteiger partial charge in [-0.25, -0.2) is 0 Å². The standard InChI is InChI=1S/C10H21O7P/c1-4-15-18(13,16-5-2)6-7-8(11)9(12)10(14-3)17-7/h7-12H,4-6H2,1-3H3/t7-,8+,9+,10+/m1/s1. The molecule has 0 radical (unpaired) electrons. The predicted molar refractivity (Wildman–Crippen MR) is 63.4 cm³/mol. The lowest BCUT2D eigenvalue weighted by Gasteiger charge is -2.21. The summed E-state index contributed by atoms with van der Waals surface area (Å²) >= 11 is 0. The van der Waals surface area contributed by atoms with E-state index >= 15 is 0 Å². The summed E-state index contributed by atoms with van der Waals surface area (Å²) in [5.41, 5.74) is 0. The molecule has 2 N–H and O–H groups in total. The van der Waals surface area contributed by atoms with Crippen LogP contribution in [0.4, 0.5) is 0 Å². The summed E-state index contributed by atoms with van der Waals surface area (Å²) in [4.78, 5) is 0. The fourth-order valence-corrected chi connectivity index (χ4v) is 3.63. The van der Waals surface area contributed by atoms with Gasteiger partial charge in [0.15, 0.2) is 6.29 Å². The maximum absolute atomic E-state index is 12.3. The first-order valence-electron chi connectivity index (χ1n) is 5.90. The number of hydrogen-bond donors (Lipinski definition) is 2. The van der Waals surface area contributed by atoms with Gasteiger partial charge in [-0.1, -0.05) is 0 Å². The predicted octanol–water partition coefficient (Wildman–Crippen LogP) is 0.346. The highest BCUT2D eigenvalue weighted by Gasteiger charge is 2.46. The minimum absolute atomic E-state index is 0.118. The normalized spacial score (nSPS) is 32.9. The molecule has 0 spiro atoms. The number of methoxy groups -OCH3 is 1. The summed E-state index contributed by atoms with van der Waals surface area (Å²) in [7, 11) is -1.97. The van der Waals surface area contributed by atoms with E-state index in [1.54, 1.807) is 13.8 Å². The third kappa shape index (κ3) is 3.74. The van der Waals surface area contributed by atoms with Crippen LogP contribution in [0.3, 0.4) is 0 Å². The molecular weight excluding hydrogens is 263 g/mol. The van der Waals surface area contributed by atoms with E-state index in [9.17, 15) is 14.8 Å². The lowest BCUT2D eigenvalue weighted by molar-refractivity contribution is -0.145. The van der Waals surface area contributed by atoms with Crippen molar-refractivity contribution in [2.24, 2.45) is 0 Å². The van der Waals surface area contributed by atoms with Gasteiger partial charge in [0.25, 0.3) is 0 Å². The summed E-state index contributed by atoms with van der Waals surface area (Å²) < 4.78 is 32.6. The van der Waals surface area contributed by atoms with Gasteiger partial charge in [-0.05, 0) is 13.8 Å². The summed E-state index contributed by atoms with van der Waals surface area (Å²) in [6.07, 6.45) is -4.23. The Morgan fingerprint density at radius 1 is 1.17 bits per heavy atom. The molecule has 7 nitrogen and oxygen atoms in total. The van der Waals surface area contributed by atoms with Crippen LogP contribution in [0.15, 0.2) is 0 Å². The van der Waals surface area contributed by atoms with Crippen molar-refractivity contribution in [2.45, 2.75) is 38.4 Å². The van der Waals surface area contributed by atoms with Crippen LogP contribution in [0.2, 0.25) is 0 Å². The Labute approximate surface area is 107 Å². The van der Waals surface area contributed by atoms with E-state index in [2.05, 4.69) is 0 Å². The highest BCUT2D eigenvalue weighted by Crippen LogP contribution is 2.50. The van der Waals surface area contributed by atoms with Gasteiger partial charge in [-0.15, -0.1) is 0 Å². The molecule has 0 saturated carbocycles. The van der Waals surface area contributed by atoms with E-state index in [1.165, 1.54) is 7.11 Å². The second-order valence-electron chi connectivity index (χ2n) is 3.89. The average molecular weight is 284 g/mol. The summed E-state index contributed by atoms with van der Waals surface area (Å²) in [5, 5.41) is 19.4. The first kappa shape index (κ1) is 16.0. The van der Waals surface area contributed by atoms with Gasteiger partial charge in [0.05, 0.1) is 19.4 Å². The van der Waals surface area contributed by atoms with E-state index in [0.717, 1.165) is 0 Å². The van der Waals surface area contributed by atoms with Gasteiger partial charge in [-0.2, -0.15) is 0 Å². The van der Waals surface area contributed by atoms with Crippen LogP contribution in [-0.4, -0.2) is 61.3 Å². The maximum atomic E-state index is 12.3. The van der Waals surface area contributed by atoms with Crippen LogP contribution >= 0.6 is 7.60 Å². The number of rotatable bonds is 7. The molecule has 0 aromatic carbocycles. The quantitative estimate of drug-likeness (QED) is 0.651. The highest BCUT2D eigenvalue weighted by atomic mass is 31.2. The molecule has 1 aliphatic rings. The van der Waals surface area contributed by atoms with Gasteiger partial charge < -0.3 is 28.7 Å². The number of aliphatic hydroxyl groups is 2. The first-order valence-corrected chi connectivity index (χ1v) is 7.62. The van der Waals surface area contributed by atoms with Crippen LogP contribution in [0.1, 0.15) is 13.8 Å². The van der Waals surface area contributed by atoms with Crippen LogP contribution in [0.5, 0.6) is 0 Å². The Kier molecular flexibility index (Phi) is 6.20. The van der Waals surface area contributed by atoms with Crippen LogP contribution in [0, 0.1) is 0 Å². The first-order chi connectivity index (χ1) is 8.47. The summed E-state index contributed by atoms with van der Waals surface area (Å²) in [6, 6.07) is 0. The zero-order valence-corrected chi connectivity index (χ0v) is 11.7.